The molecule has 1 N–H and O–H groups in total. The summed E-state index contributed by atoms with van der Waals surface area (Å²) >= 11 is 0. The van der Waals surface area contributed by atoms with Crippen molar-refractivity contribution in [3.05, 3.63) is 55.0 Å². The summed E-state index contributed by atoms with van der Waals surface area (Å²) in [7, 11) is 3.32. The smallest absolute Gasteiger partial charge is 0.258 e. The number of rotatable bonds is 5. The van der Waals surface area contributed by atoms with Crippen molar-refractivity contribution in [2.45, 2.75) is 13.1 Å². The van der Waals surface area contributed by atoms with Gasteiger partial charge in [-0.15, -0.1) is 0 Å². The lowest BCUT2D eigenvalue weighted by Gasteiger charge is -2.13. The molecule has 0 saturated carbocycles. The second-order valence-corrected chi connectivity index (χ2v) is 6.83. The van der Waals surface area contributed by atoms with E-state index in [1.165, 1.54) is 20.4 Å². The van der Waals surface area contributed by atoms with Gasteiger partial charge in [0.15, 0.2) is 6.17 Å². The summed E-state index contributed by atoms with van der Waals surface area (Å²) in [6.07, 6.45) is 1.71. The molecule has 8 heteroatoms. The van der Waals surface area contributed by atoms with E-state index in [1.807, 2.05) is 43.6 Å². The average molecular weight is 405 g/mol. The van der Waals surface area contributed by atoms with E-state index in [0.29, 0.717) is 28.0 Å². The molecule has 0 bridgehead atoms. The molecular formula is C22H20FN5O2. The van der Waals surface area contributed by atoms with Gasteiger partial charge in [0.1, 0.15) is 17.8 Å². The Labute approximate surface area is 172 Å². The van der Waals surface area contributed by atoms with E-state index < -0.39 is 12.1 Å². The van der Waals surface area contributed by atoms with Crippen molar-refractivity contribution in [1.29, 1.82) is 0 Å². The number of carbonyl (C=O) groups is 1. The Bertz CT molecular complexity index is 1220. The van der Waals surface area contributed by atoms with Crippen LogP contribution in [0.4, 0.5) is 10.1 Å². The third-order valence-electron chi connectivity index (χ3n) is 4.71. The Morgan fingerprint density at radius 1 is 1.17 bits per heavy atom. The van der Waals surface area contributed by atoms with Crippen molar-refractivity contribution in [2.75, 3.05) is 12.4 Å². The van der Waals surface area contributed by atoms with Crippen LogP contribution < -0.4 is 10.1 Å². The fourth-order valence-corrected chi connectivity index (χ4v) is 3.27. The maximum absolute atomic E-state index is 13.4. The van der Waals surface area contributed by atoms with Crippen LogP contribution in [0.15, 0.2) is 55.0 Å². The Morgan fingerprint density at radius 2 is 1.93 bits per heavy atom. The van der Waals surface area contributed by atoms with Gasteiger partial charge in [0.25, 0.3) is 5.91 Å². The second kappa shape index (κ2) is 7.90. The normalized spacial score (nSPS) is 12.0. The first-order valence-corrected chi connectivity index (χ1v) is 9.35. The number of amides is 1. The minimum Gasteiger partial charge on any atom is -0.494 e. The van der Waals surface area contributed by atoms with E-state index in [4.69, 9.17) is 4.74 Å². The fourth-order valence-electron chi connectivity index (χ4n) is 3.27. The van der Waals surface area contributed by atoms with Crippen LogP contribution >= 0.6 is 0 Å². The molecule has 0 saturated heterocycles. The first-order chi connectivity index (χ1) is 14.5. The molecule has 7 nitrogen and oxygen atoms in total. The van der Waals surface area contributed by atoms with Crippen LogP contribution in [0.25, 0.3) is 33.4 Å². The molecule has 0 fully saturated rings. The Balaban J connectivity index is 1.92. The number of hydrogen-bond acceptors (Lipinski definition) is 5. The van der Waals surface area contributed by atoms with E-state index >= 15 is 0 Å². The molecule has 0 aliphatic carbocycles. The lowest BCUT2D eigenvalue weighted by molar-refractivity contribution is -0.120. The summed E-state index contributed by atoms with van der Waals surface area (Å²) in [6.45, 7) is 1.18. The molecule has 2 aromatic carbocycles. The van der Waals surface area contributed by atoms with Crippen molar-refractivity contribution in [2.24, 2.45) is 7.05 Å². The van der Waals surface area contributed by atoms with Crippen molar-refractivity contribution in [3.63, 3.8) is 0 Å². The van der Waals surface area contributed by atoms with Crippen molar-refractivity contribution in [3.8, 4) is 28.3 Å². The number of benzene rings is 2. The van der Waals surface area contributed by atoms with Crippen molar-refractivity contribution >= 4 is 22.5 Å². The molecule has 4 aromatic rings. The van der Waals surface area contributed by atoms with Gasteiger partial charge in [0, 0.05) is 35.8 Å². The van der Waals surface area contributed by atoms with Gasteiger partial charge >= 0.3 is 0 Å². The molecule has 2 heterocycles. The molecule has 0 spiro atoms. The molecule has 1 amide bonds. The number of fused-ring (bicyclic) bond motifs is 1. The highest BCUT2D eigenvalue weighted by Gasteiger charge is 2.19. The SMILES string of the molecule is COc1cc2ncnc(-c3cn(C)nc3-c3ccccc3)c2cc1NC(=O)[C@H](C)F. The van der Waals surface area contributed by atoms with Crippen molar-refractivity contribution < 1.29 is 13.9 Å². The zero-order valence-corrected chi connectivity index (χ0v) is 16.8. The molecule has 4 rings (SSSR count). The monoisotopic (exact) mass is 405 g/mol. The van der Waals surface area contributed by atoms with Gasteiger partial charge in [0.05, 0.1) is 24.0 Å². The molecule has 0 aliphatic rings. The van der Waals surface area contributed by atoms with E-state index in [9.17, 15) is 9.18 Å². The fraction of sp³-hybridized carbons (Fsp3) is 0.182. The van der Waals surface area contributed by atoms with Gasteiger partial charge < -0.3 is 10.1 Å². The Morgan fingerprint density at radius 3 is 2.63 bits per heavy atom. The van der Waals surface area contributed by atoms with Gasteiger partial charge in [-0.25, -0.2) is 14.4 Å². The lowest BCUT2D eigenvalue weighted by Crippen LogP contribution is -2.21. The van der Waals surface area contributed by atoms with E-state index in [2.05, 4.69) is 20.4 Å². The molecule has 0 aliphatic heterocycles. The van der Waals surface area contributed by atoms with Crippen LogP contribution in [-0.4, -0.2) is 38.9 Å². The van der Waals surface area contributed by atoms with Gasteiger partial charge in [-0.2, -0.15) is 5.10 Å². The summed E-state index contributed by atoms with van der Waals surface area (Å²) in [6, 6.07) is 13.2. The zero-order chi connectivity index (χ0) is 21.3. The van der Waals surface area contributed by atoms with E-state index in [-0.39, 0.29) is 0 Å². The number of hydrogen-bond donors (Lipinski definition) is 1. The quantitative estimate of drug-likeness (QED) is 0.543. The predicted molar refractivity (Wildman–Crippen MR) is 113 cm³/mol. The standard InChI is InChI=1S/C22H20FN5O2/c1-13(23)22(29)26-18-9-15-17(10-19(18)30-3)24-12-25-21(15)16-11-28(2)27-20(16)14-7-5-4-6-8-14/h4-13H,1-3H3,(H,26,29)/t13-/m0/s1. The van der Waals surface area contributed by atoms with Crippen LogP contribution in [0.1, 0.15) is 6.92 Å². The minimum atomic E-state index is -1.65. The Kier molecular flexibility index (Phi) is 5.14. The van der Waals surface area contributed by atoms with Crippen LogP contribution in [0.3, 0.4) is 0 Å². The number of nitrogens with one attached hydrogen (secondary N) is 1. The number of aromatic nitrogens is 4. The number of nitrogens with zero attached hydrogens (tertiary/aromatic N) is 4. The van der Waals surface area contributed by atoms with Gasteiger partial charge in [0.2, 0.25) is 0 Å². The number of methoxy groups -OCH3 is 1. The third kappa shape index (κ3) is 3.59. The number of halogens is 1. The first kappa shape index (κ1) is 19.5. The highest BCUT2D eigenvalue weighted by Crippen LogP contribution is 2.37. The first-order valence-electron chi connectivity index (χ1n) is 9.35. The summed E-state index contributed by atoms with van der Waals surface area (Å²) < 4.78 is 20.5. The van der Waals surface area contributed by atoms with Crippen LogP contribution in [0, 0.1) is 0 Å². The molecule has 2 aromatic heterocycles. The van der Waals surface area contributed by atoms with Crippen LogP contribution in [-0.2, 0) is 11.8 Å². The van der Waals surface area contributed by atoms with Crippen LogP contribution in [0.5, 0.6) is 5.75 Å². The topological polar surface area (TPSA) is 81.9 Å². The Hall–Kier alpha value is -3.81. The average Bonchev–Trinajstić information content (AvgIpc) is 3.14. The van der Waals surface area contributed by atoms with Gasteiger partial charge in [-0.1, -0.05) is 30.3 Å². The molecular weight excluding hydrogens is 385 g/mol. The molecule has 0 unspecified atom stereocenters. The largest absolute Gasteiger partial charge is 0.494 e. The minimum absolute atomic E-state index is 0.348. The summed E-state index contributed by atoms with van der Waals surface area (Å²) in [4.78, 5) is 20.8. The number of ether oxygens (including phenoxy) is 1. The van der Waals surface area contributed by atoms with E-state index in [1.54, 1.807) is 16.8 Å². The predicted octanol–water partition coefficient (Wildman–Crippen LogP) is 4.00. The maximum Gasteiger partial charge on any atom is 0.258 e. The number of aryl methyl sites for hydroxylation is 1. The lowest BCUT2D eigenvalue weighted by atomic mass is 10.0. The van der Waals surface area contributed by atoms with Crippen LogP contribution in [0.2, 0.25) is 0 Å². The number of carbonyl (C=O) groups excluding carboxylic acids is 1. The molecule has 152 valence electrons. The van der Waals surface area contributed by atoms with E-state index in [0.717, 1.165) is 16.8 Å². The van der Waals surface area contributed by atoms with Gasteiger partial charge in [-0.05, 0) is 13.0 Å². The summed E-state index contributed by atoms with van der Waals surface area (Å²) in [5.74, 6) is -0.368. The number of alkyl halides is 1. The summed E-state index contributed by atoms with van der Waals surface area (Å²) in [5.41, 5.74) is 4.17. The number of anilines is 1. The molecule has 0 radical (unpaired) electrons. The summed E-state index contributed by atoms with van der Waals surface area (Å²) in [5, 5.41) is 7.86. The highest BCUT2D eigenvalue weighted by molar-refractivity contribution is 6.02. The second-order valence-electron chi connectivity index (χ2n) is 6.83. The maximum atomic E-state index is 13.4. The molecule has 30 heavy (non-hydrogen) atoms. The van der Waals surface area contributed by atoms with Crippen molar-refractivity contribution in [1.82, 2.24) is 19.7 Å². The van der Waals surface area contributed by atoms with Gasteiger partial charge in [-0.3, -0.25) is 9.48 Å². The highest BCUT2D eigenvalue weighted by atomic mass is 19.1. The zero-order valence-electron chi connectivity index (χ0n) is 16.8. The third-order valence-corrected chi connectivity index (χ3v) is 4.71. The molecule has 1 atom stereocenters.